The number of H-pyrrole nitrogens is 1. The van der Waals surface area contributed by atoms with Gasteiger partial charge in [-0.3, -0.25) is 4.79 Å². The Morgan fingerprint density at radius 1 is 1.33 bits per heavy atom. The van der Waals surface area contributed by atoms with Crippen molar-refractivity contribution in [1.82, 2.24) is 15.3 Å². The first kappa shape index (κ1) is 10.4. The van der Waals surface area contributed by atoms with Crippen molar-refractivity contribution in [3.63, 3.8) is 0 Å². The van der Waals surface area contributed by atoms with Crippen LogP contribution >= 0.6 is 0 Å². The third-order valence-corrected chi connectivity index (χ3v) is 3.05. The fourth-order valence-electron chi connectivity index (χ4n) is 1.92. The Hall–Kier alpha value is -1.16. The summed E-state index contributed by atoms with van der Waals surface area (Å²) in [6, 6.07) is 0.228. The molecule has 1 aliphatic heterocycles. The maximum atomic E-state index is 11.6. The number of aryl methyl sites for hydroxylation is 1. The van der Waals surface area contributed by atoms with E-state index in [1.807, 2.05) is 6.92 Å². The third-order valence-electron chi connectivity index (χ3n) is 3.05. The second kappa shape index (κ2) is 4.14. The third kappa shape index (κ3) is 2.09. The summed E-state index contributed by atoms with van der Waals surface area (Å²) < 4.78 is 0. The first-order chi connectivity index (χ1) is 7.18. The Morgan fingerprint density at radius 3 is 2.73 bits per heavy atom. The summed E-state index contributed by atoms with van der Waals surface area (Å²) in [4.78, 5) is 18.9. The fourth-order valence-corrected chi connectivity index (χ4v) is 1.92. The van der Waals surface area contributed by atoms with E-state index >= 15 is 0 Å². The minimum absolute atomic E-state index is 0.00938. The van der Waals surface area contributed by atoms with E-state index in [9.17, 15) is 4.79 Å². The minimum atomic E-state index is -0.00938. The standard InChI is InChI=1S/C11H17N3O/c1-7-8(2)13-10(14-11(7)15)9-5-3-4-6-12-9/h9,12H,3-6H2,1-2H3,(H,13,14,15). The molecule has 1 aromatic heterocycles. The predicted octanol–water partition coefficient (Wildman–Crippen LogP) is 1.20. The lowest BCUT2D eigenvalue weighted by atomic mass is 10.0. The molecule has 0 aliphatic carbocycles. The van der Waals surface area contributed by atoms with Gasteiger partial charge in [0.15, 0.2) is 0 Å². The van der Waals surface area contributed by atoms with Crippen molar-refractivity contribution in [3.05, 3.63) is 27.4 Å². The predicted molar refractivity (Wildman–Crippen MR) is 58.9 cm³/mol. The lowest BCUT2D eigenvalue weighted by molar-refractivity contribution is 0.396. The Labute approximate surface area is 89.1 Å². The first-order valence-electron chi connectivity index (χ1n) is 5.49. The van der Waals surface area contributed by atoms with Gasteiger partial charge in [0.1, 0.15) is 5.82 Å². The van der Waals surface area contributed by atoms with Gasteiger partial charge in [-0.25, -0.2) is 4.98 Å². The Morgan fingerprint density at radius 2 is 2.13 bits per heavy atom. The van der Waals surface area contributed by atoms with Gasteiger partial charge < -0.3 is 10.3 Å². The Balaban J connectivity index is 2.32. The number of rotatable bonds is 1. The van der Waals surface area contributed by atoms with Gasteiger partial charge in [-0.05, 0) is 33.2 Å². The van der Waals surface area contributed by atoms with Crippen LogP contribution in [0.25, 0.3) is 0 Å². The fraction of sp³-hybridized carbons (Fsp3) is 0.636. The highest BCUT2D eigenvalue weighted by atomic mass is 16.1. The van der Waals surface area contributed by atoms with Crippen LogP contribution in [-0.4, -0.2) is 16.5 Å². The smallest absolute Gasteiger partial charge is 0.254 e. The van der Waals surface area contributed by atoms with E-state index in [1.165, 1.54) is 12.8 Å². The highest BCUT2D eigenvalue weighted by Gasteiger charge is 2.17. The summed E-state index contributed by atoms with van der Waals surface area (Å²) in [5, 5.41) is 3.38. The van der Waals surface area contributed by atoms with Crippen molar-refractivity contribution in [1.29, 1.82) is 0 Å². The average molecular weight is 207 g/mol. The number of hydrogen-bond acceptors (Lipinski definition) is 3. The van der Waals surface area contributed by atoms with E-state index in [0.717, 1.165) is 30.0 Å². The van der Waals surface area contributed by atoms with Crippen LogP contribution in [0.15, 0.2) is 4.79 Å². The average Bonchev–Trinajstić information content (AvgIpc) is 2.26. The number of hydrogen-bond donors (Lipinski definition) is 2. The molecular formula is C11H17N3O. The largest absolute Gasteiger partial charge is 0.309 e. The number of nitrogens with zero attached hydrogens (tertiary/aromatic N) is 1. The lowest BCUT2D eigenvalue weighted by Gasteiger charge is -2.22. The van der Waals surface area contributed by atoms with E-state index in [4.69, 9.17) is 0 Å². The van der Waals surface area contributed by atoms with E-state index < -0.39 is 0 Å². The summed E-state index contributed by atoms with van der Waals surface area (Å²) in [5.41, 5.74) is 1.54. The van der Waals surface area contributed by atoms with E-state index in [-0.39, 0.29) is 11.6 Å². The zero-order chi connectivity index (χ0) is 10.8. The molecule has 0 amide bonds. The molecule has 0 aromatic carbocycles. The maximum absolute atomic E-state index is 11.6. The Bertz CT molecular complexity index is 405. The lowest BCUT2D eigenvalue weighted by Crippen LogP contribution is -2.30. The Kier molecular flexibility index (Phi) is 2.86. The number of piperidine rings is 1. The minimum Gasteiger partial charge on any atom is -0.309 e. The van der Waals surface area contributed by atoms with Crippen molar-refractivity contribution in [2.24, 2.45) is 0 Å². The van der Waals surface area contributed by atoms with Crippen LogP contribution in [0.5, 0.6) is 0 Å². The topological polar surface area (TPSA) is 57.8 Å². The van der Waals surface area contributed by atoms with Gasteiger partial charge in [0, 0.05) is 11.3 Å². The molecule has 1 aromatic rings. The van der Waals surface area contributed by atoms with Crippen LogP contribution in [0.3, 0.4) is 0 Å². The van der Waals surface area contributed by atoms with Gasteiger partial charge in [-0.1, -0.05) is 6.42 Å². The van der Waals surface area contributed by atoms with Crippen LogP contribution in [-0.2, 0) is 0 Å². The summed E-state index contributed by atoms with van der Waals surface area (Å²) in [6.45, 7) is 4.71. The molecule has 2 heterocycles. The molecule has 0 radical (unpaired) electrons. The van der Waals surface area contributed by atoms with Crippen molar-refractivity contribution in [3.8, 4) is 0 Å². The zero-order valence-electron chi connectivity index (χ0n) is 9.26. The van der Waals surface area contributed by atoms with Crippen molar-refractivity contribution < 1.29 is 0 Å². The second-order valence-electron chi connectivity index (χ2n) is 4.16. The second-order valence-corrected chi connectivity index (χ2v) is 4.16. The molecule has 1 atom stereocenters. The molecule has 2 rings (SSSR count). The molecule has 82 valence electrons. The van der Waals surface area contributed by atoms with Crippen molar-refractivity contribution in [2.45, 2.75) is 39.2 Å². The molecule has 2 N–H and O–H groups in total. The van der Waals surface area contributed by atoms with Crippen LogP contribution in [0.2, 0.25) is 0 Å². The highest BCUT2D eigenvalue weighted by molar-refractivity contribution is 5.15. The molecule has 1 unspecified atom stereocenters. The molecule has 1 aliphatic rings. The normalized spacial score (nSPS) is 21.6. The molecule has 4 heteroatoms. The summed E-state index contributed by atoms with van der Waals surface area (Å²) in [7, 11) is 0. The molecule has 4 nitrogen and oxygen atoms in total. The van der Waals surface area contributed by atoms with Gasteiger partial charge >= 0.3 is 0 Å². The van der Waals surface area contributed by atoms with Gasteiger partial charge in [-0.2, -0.15) is 0 Å². The summed E-state index contributed by atoms with van der Waals surface area (Å²) in [6.07, 6.45) is 3.48. The molecular weight excluding hydrogens is 190 g/mol. The quantitative estimate of drug-likeness (QED) is 0.727. The van der Waals surface area contributed by atoms with E-state index in [1.54, 1.807) is 6.92 Å². The molecule has 0 saturated carbocycles. The number of nitrogens with one attached hydrogen (secondary N) is 2. The molecule has 0 bridgehead atoms. The van der Waals surface area contributed by atoms with E-state index in [2.05, 4.69) is 15.3 Å². The van der Waals surface area contributed by atoms with Gasteiger partial charge in [0.05, 0.1) is 6.04 Å². The molecule has 0 spiro atoms. The van der Waals surface area contributed by atoms with Gasteiger partial charge in [0.25, 0.3) is 5.56 Å². The van der Waals surface area contributed by atoms with Crippen molar-refractivity contribution in [2.75, 3.05) is 6.54 Å². The van der Waals surface area contributed by atoms with Gasteiger partial charge in [-0.15, -0.1) is 0 Å². The maximum Gasteiger partial charge on any atom is 0.254 e. The number of aromatic nitrogens is 2. The van der Waals surface area contributed by atoms with Crippen LogP contribution < -0.4 is 10.9 Å². The first-order valence-corrected chi connectivity index (χ1v) is 5.49. The highest BCUT2D eigenvalue weighted by Crippen LogP contribution is 2.19. The van der Waals surface area contributed by atoms with Crippen LogP contribution in [0.4, 0.5) is 0 Å². The molecule has 15 heavy (non-hydrogen) atoms. The summed E-state index contributed by atoms with van der Waals surface area (Å²) >= 11 is 0. The van der Waals surface area contributed by atoms with Crippen molar-refractivity contribution >= 4 is 0 Å². The number of aromatic amines is 1. The zero-order valence-corrected chi connectivity index (χ0v) is 9.26. The monoisotopic (exact) mass is 207 g/mol. The molecule has 1 fully saturated rings. The van der Waals surface area contributed by atoms with Crippen LogP contribution in [0.1, 0.15) is 42.4 Å². The SMILES string of the molecule is Cc1nc(C2CCCCN2)[nH]c(=O)c1C. The van der Waals surface area contributed by atoms with Gasteiger partial charge in [0.2, 0.25) is 0 Å². The molecule has 1 saturated heterocycles. The van der Waals surface area contributed by atoms with Crippen LogP contribution in [0, 0.1) is 13.8 Å². The van der Waals surface area contributed by atoms with E-state index in [0.29, 0.717) is 0 Å². The summed E-state index contributed by atoms with van der Waals surface area (Å²) in [5.74, 6) is 0.794.